The van der Waals surface area contributed by atoms with E-state index in [-0.39, 0.29) is 5.37 Å². The van der Waals surface area contributed by atoms with Gasteiger partial charge >= 0.3 is 5.97 Å². The van der Waals surface area contributed by atoms with Crippen LogP contribution in [0, 0.1) is 0 Å². The highest BCUT2D eigenvalue weighted by molar-refractivity contribution is 7.99. The number of carboxylic acids is 1. The fourth-order valence-electron chi connectivity index (χ4n) is 2.30. The van der Waals surface area contributed by atoms with E-state index in [1.807, 2.05) is 0 Å². The molecule has 1 fully saturated rings. The standard InChI is InChI=1S/C15H21NO2S/c1-2-3-4-6-11-7-5-8-12(9-11)14-16-13(10-19-14)15(17)18/h5,7-9,13-14,16H,2-4,6,10H2,1H3,(H,17,18)/t13-,14+/m0/s1. The molecule has 0 unspecified atom stereocenters. The molecule has 1 aliphatic heterocycles. The molecule has 0 aromatic heterocycles. The molecule has 1 aliphatic rings. The summed E-state index contributed by atoms with van der Waals surface area (Å²) in [6.07, 6.45) is 4.84. The van der Waals surface area contributed by atoms with E-state index in [0.717, 1.165) is 6.42 Å². The summed E-state index contributed by atoms with van der Waals surface area (Å²) >= 11 is 1.68. The van der Waals surface area contributed by atoms with Gasteiger partial charge in [-0.05, 0) is 24.0 Å². The number of hydrogen-bond donors (Lipinski definition) is 2. The molecule has 1 saturated heterocycles. The molecule has 1 heterocycles. The van der Waals surface area contributed by atoms with Crippen molar-refractivity contribution in [3.05, 3.63) is 35.4 Å². The summed E-state index contributed by atoms with van der Waals surface area (Å²) in [6.45, 7) is 2.21. The van der Waals surface area contributed by atoms with Crippen molar-refractivity contribution in [3.63, 3.8) is 0 Å². The molecule has 0 radical (unpaired) electrons. The van der Waals surface area contributed by atoms with Gasteiger partial charge in [0.1, 0.15) is 6.04 Å². The van der Waals surface area contributed by atoms with Crippen LogP contribution < -0.4 is 5.32 Å². The van der Waals surface area contributed by atoms with Crippen molar-refractivity contribution in [2.45, 2.75) is 44.0 Å². The van der Waals surface area contributed by atoms with Crippen LogP contribution in [0.1, 0.15) is 42.7 Å². The number of nitrogens with one attached hydrogen (secondary N) is 1. The van der Waals surface area contributed by atoms with E-state index in [0.29, 0.717) is 5.75 Å². The quantitative estimate of drug-likeness (QED) is 0.785. The molecule has 19 heavy (non-hydrogen) atoms. The molecular weight excluding hydrogens is 258 g/mol. The van der Waals surface area contributed by atoms with E-state index in [4.69, 9.17) is 5.11 Å². The highest BCUT2D eigenvalue weighted by Gasteiger charge is 2.30. The SMILES string of the molecule is CCCCCc1cccc([C@@H]2N[C@H](C(=O)O)CS2)c1. The van der Waals surface area contributed by atoms with Crippen LogP contribution in [0.2, 0.25) is 0 Å². The second-order valence-corrected chi connectivity index (χ2v) is 6.11. The Balaban J connectivity index is 1.97. The first-order valence-corrected chi connectivity index (χ1v) is 7.95. The molecule has 1 aromatic carbocycles. The molecular formula is C15H21NO2S. The third-order valence-corrected chi connectivity index (χ3v) is 4.67. The van der Waals surface area contributed by atoms with E-state index in [1.54, 1.807) is 11.8 Å². The van der Waals surface area contributed by atoms with Crippen molar-refractivity contribution in [1.29, 1.82) is 0 Å². The lowest BCUT2D eigenvalue weighted by Gasteiger charge is -2.12. The summed E-state index contributed by atoms with van der Waals surface area (Å²) in [6, 6.07) is 8.11. The maximum atomic E-state index is 10.9. The van der Waals surface area contributed by atoms with Gasteiger partial charge in [0.05, 0.1) is 5.37 Å². The Bertz CT molecular complexity index is 436. The molecule has 0 bridgehead atoms. The summed E-state index contributed by atoms with van der Waals surface area (Å²) in [7, 11) is 0. The van der Waals surface area contributed by atoms with Crippen molar-refractivity contribution >= 4 is 17.7 Å². The second kappa shape index (κ2) is 6.96. The minimum Gasteiger partial charge on any atom is -0.480 e. The highest BCUT2D eigenvalue weighted by Crippen LogP contribution is 2.33. The lowest BCUT2D eigenvalue weighted by Crippen LogP contribution is -2.33. The Morgan fingerprint density at radius 1 is 1.47 bits per heavy atom. The monoisotopic (exact) mass is 279 g/mol. The van der Waals surface area contributed by atoms with Crippen LogP contribution in [-0.4, -0.2) is 22.9 Å². The van der Waals surface area contributed by atoms with Crippen LogP contribution in [0.4, 0.5) is 0 Å². The largest absolute Gasteiger partial charge is 0.480 e. The third-order valence-electron chi connectivity index (χ3n) is 3.40. The minimum absolute atomic E-state index is 0.118. The Morgan fingerprint density at radius 2 is 2.32 bits per heavy atom. The Morgan fingerprint density at radius 3 is 3.00 bits per heavy atom. The predicted molar refractivity (Wildman–Crippen MR) is 79.4 cm³/mol. The van der Waals surface area contributed by atoms with Crippen LogP contribution in [-0.2, 0) is 11.2 Å². The maximum Gasteiger partial charge on any atom is 0.321 e. The number of aliphatic carboxylic acids is 1. The molecule has 2 atom stereocenters. The number of rotatable bonds is 6. The van der Waals surface area contributed by atoms with E-state index in [9.17, 15) is 4.79 Å². The molecule has 1 aromatic rings. The summed E-state index contributed by atoms with van der Waals surface area (Å²) < 4.78 is 0. The summed E-state index contributed by atoms with van der Waals surface area (Å²) in [5, 5.41) is 12.3. The van der Waals surface area contributed by atoms with Gasteiger partial charge in [0, 0.05) is 5.75 Å². The molecule has 0 spiro atoms. The zero-order chi connectivity index (χ0) is 13.7. The molecule has 2 N–H and O–H groups in total. The Labute approximate surface area is 118 Å². The first-order valence-electron chi connectivity index (χ1n) is 6.90. The topological polar surface area (TPSA) is 49.3 Å². The number of benzene rings is 1. The van der Waals surface area contributed by atoms with Crippen molar-refractivity contribution in [3.8, 4) is 0 Å². The normalized spacial score (nSPS) is 22.6. The summed E-state index contributed by atoms with van der Waals surface area (Å²) in [4.78, 5) is 10.9. The lowest BCUT2D eigenvalue weighted by molar-refractivity contribution is -0.138. The van der Waals surface area contributed by atoms with E-state index in [2.05, 4.69) is 36.5 Å². The number of aryl methyl sites for hydroxylation is 1. The fraction of sp³-hybridized carbons (Fsp3) is 0.533. The van der Waals surface area contributed by atoms with Gasteiger partial charge in [0.25, 0.3) is 0 Å². The van der Waals surface area contributed by atoms with Crippen LogP contribution in [0.25, 0.3) is 0 Å². The van der Waals surface area contributed by atoms with Crippen molar-refractivity contribution in [2.24, 2.45) is 0 Å². The van der Waals surface area contributed by atoms with Crippen molar-refractivity contribution in [2.75, 3.05) is 5.75 Å². The van der Waals surface area contributed by atoms with Crippen LogP contribution >= 0.6 is 11.8 Å². The average Bonchev–Trinajstić information content (AvgIpc) is 2.89. The summed E-state index contributed by atoms with van der Waals surface area (Å²) in [5.74, 6) is -0.117. The highest BCUT2D eigenvalue weighted by atomic mass is 32.2. The van der Waals surface area contributed by atoms with Gasteiger partial charge in [-0.2, -0.15) is 0 Å². The van der Waals surface area contributed by atoms with Crippen LogP contribution in [0.5, 0.6) is 0 Å². The molecule has 0 saturated carbocycles. The van der Waals surface area contributed by atoms with Gasteiger partial charge in [0.2, 0.25) is 0 Å². The van der Waals surface area contributed by atoms with Crippen molar-refractivity contribution < 1.29 is 9.90 Å². The van der Waals surface area contributed by atoms with E-state index >= 15 is 0 Å². The second-order valence-electron chi connectivity index (χ2n) is 4.97. The molecule has 2 rings (SSSR count). The molecule has 3 nitrogen and oxygen atoms in total. The summed E-state index contributed by atoms with van der Waals surface area (Å²) in [5.41, 5.74) is 2.55. The maximum absolute atomic E-state index is 10.9. The van der Waals surface area contributed by atoms with Gasteiger partial charge in [-0.1, -0.05) is 44.0 Å². The first kappa shape index (κ1) is 14.4. The number of unbranched alkanes of at least 4 members (excludes halogenated alkanes) is 2. The molecule has 0 aliphatic carbocycles. The van der Waals surface area contributed by atoms with E-state index < -0.39 is 12.0 Å². The van der Waals surface area contributed by atoms with Gasteiger partial charge < -0.3 is 5.11 Å². The van der Waals surface area contributed by atoms with Gasteiger partial charge in [-0.25, -0.2) is 0 Å². The molecule has 0 amide bonds. The van der Waals surface area contributed by atoms with Gasteiger partial charge in [-0.15, -0.1) is 11.8 Å². The van der Waals surface area contributed by atoms with Gasteiger partial charge in [-0.3, -0.25) is 10.1 Å². The zero-order valence-corrected chi connectivity index (χ0v) is 12.1. The number of hydrogen-bond acceptors (Lipinski definition) is 3. The zero-order valence-electron chi connectivity index (χ0n) is 11.3. The average molecular weight is 279 g/mol. The number of thioether (sulfide) groups is 1. The Hall–Kier alpha value is -1.00. The Kier molecular flexibility index (Phi) is 5.28. The van der Waals surface area contributed by atoms with Crippen LogP contribution in [0.15, 0.2) is 24.3 Å². The van der Waals surface area contributed by atoms with Crippen LogP contribution in [0.3, 0.4) is 0 Å². The smallest absolute Gasteiger partial charge is 0.321 e. The predicted octanol–water partition coefficient (Wildman–Crippen LogP) is 3.21. The third kappa shape index (κ3) is 3.98. The van der Waals surface area contributed by atoms with E-state index in [1.165, 1.54) is 30.4 Å². The van der Waals surface area contributed by atoms with Crippen molar-refractivity contribution in [1.82, 2.24) is 5.32 Å². The first-order chi connectivity index (χ1) is 9.20. The molecule has 104 valence electrons. The lowest BCUT2D eigenvalue weighted by atomic mass is 10.0. The number of carbonyl (C=O) groups is 1. The molecule has 4 heteroatoms. The number of carboxylic acid groups (broad SMARTS) is 1. The van der Waals surface area contributed by atoms with Gasteiger partial charge in [0.15, 0.2) is 0 Å². The minimum atomic E-state index is -0.755. The fourth-order valence-corrected chi connectivity index (χ4v) is 3.52.